The third-order valence-corrected chi connectivity index (χ3v) is 16.4. The molecule has 3 fully saturated rings. The van der Waals surface area contributed by atoms with E-state index in [2.05, 4.69) is 16.0 Å². The summed E-state index contributed by atoms with van der Waals surface area (Å²) >= 11 is 1.45. The summed E-state index contributed by atoms with van der Waals surface area (Å²) in [4.78, 5) is 67.1. The Bertz CT molecular complexity index is 2370. The lowest BCUT2D eigenvalue weighted by Crippen LogP contribution is -2.57. The molecule has 5 atom stereocenters. The number of anilines is 1. The van der Waals surface area contributed by atoms with Crippen LogP contribution in [0.5, 0.6) is 11.5 Å². The Labute approximate surface area is 379 Å². The van der Waals surface area contributed by atoms with Crippen molar-refractivity contribution in [1.29, 1.82) is 0 Å². The van der Waals surface area contributed by atoms with Crippen molar-refractivity contribution in [2.75, 3.05) is 24.7 Å². The second-order valence-corrected chi connectivity index (χ2v) is 22.7. The average molecular weight is 923 g/mol. The second-order valence-electron chi connectivity index (χ2n) is 19.1. The molecule has 0 radical (unpaired) electrons. The number of alkyl carbamates (subject to hydrolysis) is 1. The number of carbonyl (C=O) groups is 4. The highest BCUT2D eigenvalue weighted by atomic mass is 32.2. The Morgan fingerprint density at radius 2 is 1.80 bits per heavy atom. The fourth-order valence-electron chi connectivity index (χ4n) is 8.97. The zero-order chi connectivity index (χ0) is 46.0. The zero-order valence-electron chi connectivity index (χ0n) is 37.6. The number of rotatable bonds is 11. The Morgan fingerprint density at radius 3 is 2.50 bits per heavy atom. The van der Waals surface area contributed by atoms with Crippen LogP contribution in [-0.2, 0) is 29.0 Å². The molecule has 1 aromatic carbocycles. The number of sulfone groups is 1. The number of thiazole rings is 1. The third-order valence-electron chi connectivity index (χ3n) is 12.8. The third kappa shape index (κ3) is 10.4. The number of benzene rings is 1. The van der Waals surface area contributed by atoms with E-state index in [1.54, 1.807) is 46.1 Å². The van der Waals surface area contributed by atoms with E-state index in [4.69, 9.17) is 24.2 Å². The van der Waals surface area contributed by atoms with Gasteiger partial charge in [0, 0.05) is 41.3 Å². The van der Waals surface area contributed by atoms with E-state index in [1.165, 1.54) is 16.2 Å². The van der Waals surface area contributed by atoms with Gasteiger partial charge in [-0.2, -0.15) is 0 Å². The highest BCUT2D eigenvalue weighted by Gasteiger charge is 2.61. The lowest BCUT2D eigenvalue weighted by atomic mass is 9.86. The number of carbonyl (C=O) groups excluding carboxylic acids is 3. The van der Waals surface area contributed by atoms with Crippen LogP contribution in [0.15, 0.2) is 41.8 Å². The molecule has 2 aliphatic heterocycles. The number of nitrogens with zero attached hydrogens (tertiary/aromatic N) is 3. The predicted molar refractivity (Wildman–Crippen MR) is 244 cm³/mol. The van der Waals surface area contributed by atoms with Crippen molar-refractivity contribution in [1.82, 2.24) is 25.5 Å². The summed E-state index contributed by atoms with van der Waals surface area (Å²) in [6, 6.07) is 5.07. The van der Waals surface area contributed by atoms with Gasteiger partial charge in [0.2, 0.25) is 11.8 Å². The lowest BCUT2D eigenvalue weighted by Gasteiger charge is -2.38. The molecular weight excluding hydrogens is 861 g/mol. The van der Waals surface area contributed by atoms with E-state index in [9.17, 15) is 32.7 Å². The summed E-state index contributed by atoms with van der Waals surface area (Å²) in [5.74, 6) is -2.07. The van der Waals surface area contributed by atoms with Gasteiger partial charge in [-0.15, -0.1) is 11.3 Å². The molecule has 1 saturated heterocycles. The van der Waals surface area contributed by atoms with E-state index in [1.807, 2.05) is 37.4 Å². The molecule has 2 aliphatic carbocycles. The maximum Gasteiger partial charge on any atom is 0.408 e. The molecule has 0 bridgehead atoms. The number of hydrogen-bond acceptors (Lipinski definition) is 13. The molecule has 0 spiro atoms. The Kier molecular flexibility index (Phi) is 13.9. The number of methoxy groups -OCH3 is 1. The fourth-order valence-corrected chi connectivity index (χ4v) is 11.3. The number of aromatic nitrogens is 2. The zero-order valence-corrected chi connectivity index (χ0v) is 39.2. The standard InChI is InChI=1S/C46H62N6O10S2/c1-28(2)47-42-49-36(26-63-42)35-23-38(32-18-17-30(60-6)21-34(32)48-35)61-31-22-37-39(53)51-46(41(55)56)24-29(46)15-11-8-7-9-12-16-33(40(54)52(37)25-31)50-43(57)62-45(19-13-10-14-20-45)27-64(58,59)44(3,4)5/h11,15,17-18,21,23,26,28-29,31,33,37H,7-10,12-14,16,19-20,22,24-25,27H2,1-6H3,(H,47,49)(H,50,57)(H,51,53)(H,55,56)/b15-11-/t29?,31-,33+,37+,46-/m1/s1. The van der Waals surface area contributed by atoms with Crippen molar-refractivity contribution >= 4 is 61.1 Å². The van der Waals surface area contributed by atoms with Gasteiger partial charge in [-0.3, -0.25) is 9.59 Å². The number of carboxylic acid groups (broad SMARTS) is 1. The first-order valence-electron chi connectivity index (χ1n) is 22.4. The molecule has 4 aliphatic rings. The number of pyridine rings is 1. The van der Waals surface area contributed by atoms with E-state index >= 15 is 0 Å². The first kappa shape index (κ1) is 47.0. The van der Waals surface area contributed by atoms with E-state index in [0.717, 1.165) is 24.4 Å². The lowest BCUT2D eigenvalue weighted by molar-refractivity contribution is -0.145. The summed E-state index contributed by atoms with van der Waals surface area (Å²) in [5.41, 5.74) is -1.04. The van der Waals surface area contributed by atoms with Crippen molar-refractivity contribution in [2.24, 2.45) is 5.92 Å². The van der Waals surface area contributed by atoms with E-state index < -0.39 is 73.7 Å². The highest BCUT2D eigenvalue weighted by Crippen LogP contribution is 2.46. The number of aliphatic carboxylic acids is 1. The minimum Gasteiger partial charge on any atom is -0.497 e. The predicted octanol–water partition coefficient (Wildman–Crippen LogP) is 7.03. The van der Waals surface area contributed by atoms with E-state index in [-0.39, 0.29) is 37.6 Å². The van der Waals surface area contributed by atoms with Crippen molar-refractivity contribution < 1.29 is 46.9 Å². The van der Waals surface area contributed by atoms with Crippen LogP contribution in [-0.4, -0.2) is 112 Å². The minimum absolute atomic E-state index is 0.0210. The maximum absolute atomic E-state index is 14.9. The molecule has 2 aromatic heterocycles. The van der Waals surface area contributed by atoms with Crippen LogP contribution in [0.1, 0.15) is 112 Å². The topological polar surface area (TPSA) is 215 Å². The van der Waals surface area contributed by atoms with Gasteiger partial charge < -0.3 is 40.2 Å². The van der Waals surface area contributed by atoms with Gasteiger partial charge in [0.15, 0.2) is 15.0 Å². The van der Waals surface area contributed by atoms with Crippen LogP contribution >= 0.6 is 11.3 Å². The van der Waals surface area contributed by atoms with Crippen LogP contribution in [0.2, 0.25) is 0 Å². The summed E-state index contributed by atoms with van der Waals surface area (Å²) in [6.45, 7) is 8.87. The van der Waals surface area contributed by atoms with Crippen LogP contribution in [0.4, 0.5) is 9.93 Å². The van der Waals surface area contributed by atoms with Crippen molar-refractivity contribution in [2.45, 2.75) is 152 Å². The molecule has 7 rings (SSSR count). The molecule has 4 N–H and O–H groups in total. The molecule has 3 aromatic rings. The molecule has 1 unspecified atom stereocenters. The summed E-state index contributed by atoms with van der Waals surface area (Å²) in [5, 5.41) is 22.6. The SMILES string of the molecule is COc1ccc2c(O[C@@H]3C[C@H]4C(=O)N[C@]5(C(=O)O)CC5/C=C\CCCCC[C@H](NC(=O)OC5(CS(=O)(=O)C(C)(C)C)CCCCC5)C(=O)N4C3)cc(-c3csc(NC(C)C)n3)nc2c1. The molecule has 16 nitrogen and oxygen atoms in total. The van der Waals surface area contributed by atoms with Gasteiger partial charge in [0.05, 0.1) is 35.4 Å². The van der Waals surface area contributed by atoms with Crippen LogP contribution < -0.4 is 25.4 Å². The van der Waals surface area contributed by atoms with Gasteiger partial charge in [-0.25, -0.2) is 28.0 Å². The number of amides is 3. The largest absolute Gasteiger partial charge is 0.497 e. The summed E-state index contributed by atoms with van der Waals surface area (Å²) < 4.78 is 44.3. The van der Waals surface area contributed by atoms with Crippen LogP contribution in [0, 0.1) is 5.92 Å². The van der Waals surface area contributed by atoms with Gasteiger partial charge in [-0.1, -0.05) is 31.4 Å². The number of carboxylic acids is 1. The Balaban J connectivity index is 1.20. The maximum atomic E-state index is 14.9. The smallest absolute Gasteiger partial charge is 0.408 e. The van der Waals surface area contributed by atoms with Crippen molar-refractivity contribution in [3.8, 4) is 22.9 Å². The number of allylic oxidation sites excluding steroid dienone is 1. The monoisotopic (exact) mass is 922 g/mol. The molecule has 348 valence electrons. The molecule has 18 heteroatoms. The number of ether oxygens (including phenoxy) is 3. The van der Waals surface area contributed by atoms with Gasteiger partial charge in [0.1, 0.15) is 46.5 Å². The molecule has 3 amide bonds. The van der Waals surface area contributed by atoms with Gasteiger partial charge in [-0.05, 0) is 98.1 Å². The van der Waals surface area contributed by atoms with Crippen LogP contribution in [0.25, 0.3) is 22.3 Å². The first-order chi connectivity index (χ1) is 30.3. The fraction of sp³-hybridized carbons (Fsp3) is 0.609. The molecule has 2 saturated carbocycles. The minimum atomic E-state index is -3.69. The van der Waals surface area contributed by atoms with Gasteiger partial charge in [0.25, 0.3) is 0 Å². The first-order valence-corrected chi connectivity index (χ1v) is 25.0. The Morgan fingerprint density at radius 1 is 1.05 bits per heavy atom. The number of hydrogen-bond donors (Lipinski definition) is 4. The normalized spacial score (nSPS) is 25.8. The van der Waals surface area contributed by atoms with Crippen molar-refractivity contribution in [3.05, 3.63) is 41.8 Å². The summed E-state index contributed by atoms with van der Waals surface area (Å²) in [6.07, 6.45) is 8.35. The second kappa shape index (κ2) is 18.9. The van der Waals surface area contributed by atoms with Gasteiger partial charge >= 0.3 is 12.1 Å². The van der Waals surface area contributed by atoms with Crippen molar-refractivity contribution in [3.63, 3.8) is 0 Å². The number of fused-ring (bicyclic) bond motifs is 3. The molecule has 64 heavy (non-hydrogen) atoms. The molecule has 4 heterocycles. The number of nitrogens with one attached hydrogen (secondary N) is 3. The molecular formula is C46H62N6O10S2. The Hall–Kier alpha value is -4.97. The highest BCUT2D eigenvalue weighted by molar-refractivity contribution is 7.92. The average Bonchev–Trinajstić information content (AvgIpc) is 3.49. The van der Waals surface area contributed by atoms with Crippen LogP contribution in [0.3, 0.4) is 0 Å². The quantitative estimate of drug-likeness (QED) is 0.142. The van der Waals surface area contributed by atoms with E-state index in [0.29, 0.717) is 72.3 Å². The summed E-state index contributed by atoms with van der Waals surface area (Å²) in [7, 11) is -2.12.